The second-order valence-corrected chi connectivity index (χ2v) is 5.25. The number of morpholine rings is 1. The van der Waals surface area contributed by atoms with Crippen molar-refractivity contribution in [1.29, 1.82) is 0 Å². The van der Waals surface area contributed by atoms with Gasteiger partial charge in [-0.25, -0.2) is 9.97 Å². The molecule has 7 heteroatoms. The quantitative estimate of drug-likeness (QED) is 0.906. The van der Waals surface area contributed by atoms with Crippen molar-refractivity contribution in [2.45, 2.75) is 6.92 Å². The molecule has 126 valence electrons. The summed E-state index contributed by atoms with van der Waals surface area (Å²) in [5, 5.41) is 3.11. The van der Waals surface area contributed by atoms with Gasteiger partial charge >= 0.3 is 0 Å². The van der Waals surface area contributed by atoms with Gasteiger partial charge in [0.15, 0.2) is 0 Å². The van der Waals surface area contributed by atoms with Crippen LogP contribution in [0.4, 0.5) is 11.6 Å². The summed E-state index contributed by atoms with van der Waals surface area (Å²) in [4.78, 5) is 22.6. The summed E-state index contributed by atoms with van der Waals surface area (Å²) >= 11 is 0. The molecule has 1 aliphatic rings. The van der Waals surface area contributed by atoms with Crippen molar-refractivity contribution in [3.05, 3.63) is 42.2 Å². The molecule has 24 heavy (non-hydrogen) atoms. The van der Waals surface area contributed by atoms with Gasteiger partial charge in [0.05, 0.1) is 31.1 Å². The Balaban J connectivity index is 1.69. The molecule has 1 aliphatic heterocycles. The van der Waals surface area contributed by atoms with Crippen molar-refractivity contribution >= 4 is 17.5 Å². The zero-order valence-electron chi connectivity index (χ0n) is 13.6. The van der Waals surface area contributed by atoms with E-state index in [1.807, 2.05) is 31.2 Å². The maximum Gasteiger partial charge on any atom is 0.257 e. The Kier molecular flexibility index (Phi) is 5.22. The van der Waals surface area contributed by atoms with Crippen LogP contribution in [0, 0.1) is 0 Å². The molecule has 0 atom stereocenters. The zero-order valence-corrected chi connectivity index (χ0v) is 13.6. The third-order valence-corrected chi connectivity index (χ3v) is 3.63. The Labute approximate surface area is 140 Å². The minimum atomic E-state index is -0.0698. The van der Waals surface area contributed by atoms with E-state index in [0.717, 1.165) is 11.4 Å². The second kappa shape index (κ2) is 7.74. The van der Waals surface area contributed by atoms with E-state index < -0.39 is 0 Å². The van der Waals surface area contributed by atoms with Crippen LogP contribution in [0.15, 0.2) is 36.7 Å². The molecule has 2 heterocycles. The molecular formula is C17H20N4O3. The smallest absolute Gasteiger partial charge is 0.257 e. The van der Waals surface area contributed by atoms with Crippen LogP contribution in [0.2, 0.25) is 0 Å². The highest BCUT2D eigenvalue weighted by atomic mass is 16.5. The topological polar surface area (TPSA) is 76.6 Å². The summed E-state index contributed by atoms with van der Waals surface area (Å²) in [6.45, 7) is 4.84. The number of aromatic nitrogens is 2. The number of hydrogen-bond acceptors (Lipinski definition) is 6. The van der Waals surface area contributed by atoms with Gasteiger partial charge in [-0.2, -0.15) is 0 Å². The summed E-state index contributed by atoms with van der Waals surface area (Å²) in [6, 6.07) is 7.58. The fourth-order valence-electron chi connectivity index (χ4n) is 2.42. The van der Waals surface area contributed by atoms with Crippen LogP contribution in [-0.4, -0.2) is 53.7 Å². The Hall–Kier alpha value is -2.67. The first-order chi connectivity index (χ1) is 11.8. The summed E-state index contributed by atoms with van der Waals surface area (Å²) in [5.74, 6) is 1.08. The molecule has 1 N–H and O–H groups in total. The third-order valence-electron chi connectivity index (χ3n) is 3.63. The molecule has 0 spiro atoms. The lowest BCUT2D eigenvalue weighted by molar-refractivity contribution is 0.0302. The molecular weight excluding hydrogens is 308 g/mol. The van der Waals surface area contributed by atoms with Crippen molar-refractivity contribution in [3.63, 3.8) is 0 Å². The molecule has 3 rings (SSSR count). The van der Waals surface area contributed by atoms with Gasteiger partial charge in [-0.3, -0.25) is 4.79 Å². The summed E-state index contributed by atoms with van der Waals surface area (Å²) in [5.41, 5.74) is 1.26. The first-order valence-corrected chi connectivity index (χ1v) is 7.96. The number of carbonyl (C=O) groups excluding carboxylic acids is 1. The van der Waals surface area contributed by atoms with Crippen LogP contribution in [0.1, 0.15) is 17.3 Å². The second-order valence-electron chi connectivity index (χ2n) is 5.25. The Morgan fingerprint density at radius 1 is 1.25 bits per heavy atom. The Morgan fingerprint density at radius 2 is 1.96 bits per heavy atom. The number of hydrogen-bond donors (Lipinski definition) is 1. The average Bonchev–Trinajstić information content (AvgIpc) is 2.64. The van der Waals surface area contributed by atoms with E-state index in [2.05, 4.69) is 15.3 Å². The van der Waals surface area contributed by atoms with Crippen LogP contribution in [0.5, 0.6) is 5.75 Å². The number of amides is 1. The molecule has 1 amide bonds. The number of ether oxygens (including phenoxy) is 2. The standard InChI is InChI=1S/C17H20N4O3/c1-2-24-15-6-4-3-5-14(15)20-17-18-11-13(12-19-17)16(22)21-7-9-23-10-8-21/h3-6,11-12H,2,7-10H2,1H3,(H,18,19,20). The van der Waals surface area contributed by atoms with Gasteiger partial charge in [0.2, 0.25) is 5.95 Å². The van der Waals surface area contributed by atoms with E-state index in [-0.39, 0.29) is 5.91 Å². The lowest BCUT2D eigenvalue weighted by Crippen LogP contribution is -2.40. The van der Waals surface area contributed by atoms with Gasteiger partial charge in [-0.05, 0) is 19.1 Å². The highest BCUT2D eigenvalue weighted by Gasteiger charge is 2.19. The number of nitrogens with one attached hydrogen (secondary N) is 1. The van der Waals surface area contributed by atoms with Gasteiger partial charge in [0.1, 0.15) is 5.75 Å². The van der Waals surface area contributed by atoms with Crippen LogP contribution in [-0.2, 0) is 4.74 Å². The van der Waals surface area contributed by atoms with E-state index in [0.29, 0.717) is 44.4 Å². The molecule has 2 aromatic rings. The molecule has 1 aromatic heterocycles. The molecule has 1 fully saturated rings. The number of rotatable bonds is 5. The fourth-order valence-corrected chi connectivity index (χ4v) is 2.42. The minimum absolute atomic E-state index is 0.0698. The van der Waals surface area contributed by atoms with E-state index in [1.54, 1.807) is 4.90 Å². The molecule has 7 nitrogen and oxygen atoms in total. The molecule has 1 saturated heterocycles. The van der Waals surface area contributed by atoms with Crippen molar-refractivity contribution in [1.82, 2.24) is 14.9 Å². The van der Waals surface area contributed by atoms with Gasteiger partial charge in [0.25, 0.3) is 5.91 Å². The first-order valence-electron chi connectivity index (χ1n) is 7.96. The average molecular weight is 328 g/mol. The van der Waals surface area contributed by atoms with Crippen molar-refractivity contribution in [2.24, 2.45) is 0 Å². The predicted octanol–water partition coefficient (Wildman–Crippen LogP) is 2.09. The Bertz CT molecular complexity index is 684. The fraction of sp³-hybridized carbons (Fsp3) is 0.353. The van der Waals surface area contributed by atoms with Gasteiger partial charge < -0.3 is 19.7 Å². The highest BCUT2D eigenvalue weighted by Crippen LogP contribution is 2.25. The van der Waals surface area contributed by atoms with Crippen LogP contribution < -0.4 is 10.1 Å². The summed E-state index contributed by atoms with van der Waals surface area (Å²) in [7, 11) is 0. The largest absolute Gasteiger partial charge is 0.492 e. The molecule has 0 saturated carbocycles. The van der Waals surface area contributed by atoms with E-state index in [1.165, 1.54) is 12.4 Å². The van der Waals surface area contributed by atoms with E-state index in [9.17, 15) is 4.79 Å². The molecule has 1 aromatic carbocycles. The van der Waals surface area contributed by atoms with Crippen molar-refractivity contribution in [2.75, 3.05) is 38.2 Å². The molecule has 0 bridgehead atoms. The van der Waals surface area contributed by atoms with Crippen molar-refractivity contribution < 1.29 is 14.3 Å². The number of carbonyl (C=O) groups is 1. The number of benzene rings is 1. The van der Waals surface area contributed by atoms with Gasteiger partial charge in [-0.15, -0.1) is 0 Å². The lowest BCUT2D eigenvalue weighted by atomic mass is 10.2. The summed E-state index contributed by atoms with van der Waals surface area (Å²) in [6.07, 6.45) is 3.08. The van der Waals surface area contributed by atoms with Gasteiger partial charge in [-0.1, -0.05) is 12.1 Å². The first kappa shape index (κ1) is 16.2. The zero-order chi connectivity index (χ0) is 16.8. The maximum absolute atomic E-state index is 12.4. The predicted molar refractivity (Wildman–Crippen MR) is 89.6 cm³/mol. The number of anilines is 2. The lowest BCUT2D eigenvalue weighted by Gasteiger charge is -2.26. The van der Waals surface area contributed by atoms with Crippen molar-refractivity contribution in [3.8, 4) is 5.75 Å². The highest BCUT2D eigenvalue weighted by molar-refractivity contribution is 5.93. The monoisotopic (exact) mass is 328 g/mol. The number of nitrogens with zero attached hydrogens (tertiary/aromatic N) is 3. The molecule has 0 unspecified atom stereocenters. The molecule has 0 radical (unpaired) electrons. The molecule has 0 aliphatic carbocycles. The number of para-hydroxylation sites is 2. The van der Waals surface area contributed by atoms with E-state index in [4.69, 9.17) is 9.47 Å². The summed E-state index contributed by atoms with van der Waals surface area (Å²) < 4.78 is 10.8. The third kappa shape index (κ3) is 3.80. The van der Waals surface area contributed by atoms with Crippen LogP contribution in [0.3, 0.4) is 0 Å². The normalized spacial score (nSPS) is 14.3. The van der Waals surface area contributed by atoms with Gasteiger partial charge in [0, 0.05) is 25.5 Å². The minimum Gasteiger partial charge on any atom is -0.492 e. The van der Waals surface area contributed by atoms with Crippen LogP contribution >= 0.6 is 0 Å². The Morgan fingerprint density at radius 3 is 2.67 bits per heavy atom. The SMILES string of the molecule is CCOc1ccccc1Nc1ncc(C(=O)N2CCOCC2)cn1. The maximum atomic E-state index is 12.4. The van der Waals surface area contributed by atoms with Crippen LogP contribution in [0.25, 0.3) is 0 Å². The van der Waals surface area contributed by atoms with E-state index >= 15 is 0 Å².